The SMILES string of the molecule is CN(C)CCC(=O)N[C@@H]1CCN(C2C(F)CC3C(=O)C(C(=O)NCCCN4CCN(C)CC4)=CN4C5CC6OC7CCCCC7C6CC5OC2C34)C1. The number of fused-ring (bicyclic) bond motifs is 5. The van der Waals surface area contributed by atoms with E-state index in [1.807, 2.05) is 25.2 Å². The highest BCUT2D eigenvalue weighted by atomic mass is 19.1. The number of carbonyl (C=O) groups is 3. The van der Waals surface area contributed by atoms with Crippen LogP contribution in [-0.2, 0) is 23.9 Å². The Morgan fingerprint density at radius 2 is 1.75 bits per heavy atom. The largest absolute Gasteiger partial charge is 0.374 e. The summed E-state index contributed by atoms with van der Waals surface area (Å²) in [6.45, 7) is 7.48. The standard InChI is InChI=1S/C39H62FN7O5/c1-43(2)13-10-34(48)42-24-9-14-46(22-24)36-29(40)19-27-35-38(36)52-33-20-26-25-7-4-5-8-31(25)51-32(26)21-30(33)47(35)23-28(37(27)49)39(50)41-11-6-12-45-17-15-44(3)16-18-45/h23-27,29-33,35-36,38H,4-22H2,1-3H3,(H,41,50)(H,42,48)/t24-,25?,26?,27?,29?,30?,31?,32?,33?,35?,36?,38?/m1/s1. The molecule has 11 unspecified atom stereocenters. The fourth-order valence-electron chi connectivity index (χ4n) is 11.3. The highest BCUT2D eigenvalue weighted by Gasteiger charge is 2.62. The zero-order valence-corrected chi connectivity index (χ0v) is 31.6. The first-order chi connectivity index (χ1) is 25.1. The maximum Gasteiger partial charge on any atom is 0.256 e. The first-order valence-electron chi connectivity index (χ1n) is 20.5. The number of amides is 2. The van der Waals surface area contributed by atoms with Gasteiger partial charge in [-0.25, -0.2) is 4.39 Å². The molecule has 5 heterocycles. The zero-order chi connectivity index (χ0) is 36.1. The topological polar surface area (TPSA) is 110 Å². The minimum Gasteiger partial charge on any atom is -0.374 e. The smallest absolute Gasteiger partial charge is 0.256 e. The second kappa shape index (κ2) is 15.5. The van der Waals surface area contributed by atoms with Gasteiger partial charge in [-0.1, -0.05) is 12.8 Å². The monoisotopic (exact) mass is 727 g/mol. The molecule has 2 amide bonds. The number of Topliss-reactive ketones (excluding diaryl/α,β-unsaturated/α-hetero) is 1. The molecule has 0 spiro atoms. The number of hydrogen-bond acceptors (Lipinski definition) is 10. The fourth-order valence-corrected chi connectivity index (χ4v) is 11.3. The third kappa shape index (κ3) is 7.31. The van der Waals surface area contributed by atoms with Crippen LogP contribution < -0.4 is 10.6 Å². The van der Waals surface area contributed by atoms with Crippen molar-refractivity contribution in [1.29, 1.82) is 0 Å². The van der Waals surface area contributed by atoms with E-state index in [1.165, 1.54) is 19.3 Å². The number of rotatable bonds is 10. The van der Waals surface area contributed by atoms with E-state index in [2.05, 4.69) is 37.3 Å². The molecule has 5 aliphatic heterocycles. The Morgan fingerprint density at radius 3 is 2.56 bits per heavy atom. The molecule has 3 aliphatic carbocycles. The van der Waals surface area contributed by atoms with Crippen molar-refractivity contribution in [2.24, 2.45) is 17.8 Å². The molecular formula is C39H62FN7O5. The van der Waals surface area contributed by atoms with Crippen LogP contribution in [0.4, 0.5) is 4.39 Å². The van der Waals surface area contributed by atoms with Gasteiger partial charge in [0.05, 0.1) is 48.1 Å². The van der Waals surface area contributed by atoms with Crippen LogP contribution in [0, 0.1) is 17.8 Å². The van der Waals surface area contributed by atoms with Gasteiger partial charge in [0.2, 0.25) is 5.91 Å². The van der Waals surface area contributed by atoms with Gasteiger partial charge in [-0.2, -0.15) is 0 Å². The second-order valence-electron chi connectivity index (χ2n) is 17.6. The van der Waals surface area contributed by atoms with Gasteiger partial charge in [0.1, 0.15) is 6.17 Å². The number of likely N-dealkylation sites (N-methyl/N-ethyl adjacent to an activating group) is 1. The highest BCUT2D eigenvalue weighted by molar-refractivity contribution is 6.20. The number of likely N-dealkylation sites (tertiary alicyclic amines) is 1. The molecule has 7 fully saturated rings. The molecule has 12 nitrogen and oxygen atoms in total. The summed E-state index contributed by atoms with van der Waals surface area (Å²) in [5, 5.41) is 6.24. The van der Waals surface area contributed by atoms with Crippen molar-refractivity contribution in [3.63, 3.8) is 0 Å². The van der Waals surface area contributed by atoms with Crippen molar-refractivity contribution < 1.29 is 28.2 Å². The van der Waals surface area contributed by atoms with Crippen LogP contribution in [0.1, 0.15) is 64.2 Å². The summed E-state index contributed by atoms with van der Waals surface area (Å²) in [7, 11) is 6.05. The Hall–Kier alpha value is -2.16. The average Bonchev–Trinajstić information content (AvgIpc) is 3.74. The molecule has 8 aliphatic rings. The molecular weight excluding hydrogens is 665 g/mol. The van der Waals surface area contributed by atoms with Gasteiger partial charge in [-0.3, -0.25) is 19.3 Å². The van der Waals surface area contributed by atoms with E-state index in [0.717, 1.165) is 64.8 Å². The number of ketones is 1. The van der Waals surface area contributed by atoms with E-state index in [4.69, 9.17) is 9.47 Å². The van der Waals surface area contributed by atoms with Crippen LogP contribution in [0.15, 0.2) is 11.8 Å². The maximum absolute atomic E-state index is 16.7. The molecule has 0 bridgehead atoms. The maximum atomic E-state index is 16.7. The zero-order valence-electron chi connectivity index (χ0n) is 31.6. The Labute approximate surface area is 309 Å². The van der Waals surface area contributed by atoms with E-state index in [1.54, 1.807) is 0 Å². The van der Waals surface area contributed by atoms with Gasteiger partial charge in [0.25, 0.3) is 5.91 Å². The molecule has 52 heavy (non-hydrogen) atoms. The van der Waals surface area contributed by atoms with E-state index in [9.17, 15) is 14.4 Å². The van der Waals surface area contributed by atoms with Crippen LogP contribution >= 0.6 is 0 Å². The van der Waals surface area contributed by atoms with Crippen LogP contribution in [0.5, 0.6) is 0 Å². The molecule has 8 rings (SSSR count). The van der Waals surface area contributed by atoms with Crippen LogP contribution in [-0.4, -0.2) is 177 Å². The minimum absolute atomic E-state index is 0.0219. The summed E-state index contributed by atoms with van der Waals surface area (Å²) in [5.74, 6) is -0.255. The predicted molar refractivity (Wildman–Crippen MR) is 194 cm³/mol. The number of piperazine rings is 1. The summed E-state index contributed by atoms with van der Waals surface area (Å²) in [4.78, 5) is 51.9. The van der Waals surface area contributed by atoms with Crippen molar-refractivity contribution in [3.8, 4) is 0 Å². The first-order valence-corrected chi connectivity index (χ1v) is 20.5. The lowest BCUT2D eigenvalue weighted by atomic mass is 9.67. The van der Waals surface area contributed by atoms with Crippen LogP contribution in [0.3, 0.4) is 0 Å². The predicted octanol–water partition coefficient (Wildman–Crippen LogP) is 1.25. The first kappa shape index (κ1) is 36.8. The van der Waals surface area contributed by atoms with Crippen molar-refractivity contribution in [3.05, 3.63) is 11.8 Å². The van der Waals surface area contributed by atoms with Crippen molar-refractivity contribution >= 4 is 17.6 Å². The summed E-state index contributed by atoms with van der Waals surface area (Å²) >= 11 is 0. The normalized spacial score (nSPS) is 40.8. The lowest BCUT2D eigenvalue weighted by Gasteiger charge is -2.61. The summed E-state index contributed by atoms with van der Waals surface area (Å²) < 4.78 is 30.6. The van der Waals surface area contributed by atoms with E-state index < -0.39 is 24.2 Å². The highest BCUT2D eigenvalue weighted by Crippen LogP contribution is 2.53. The number of hydrogen-bond donors (Lipinski definition) is 2. The van der Waals surface area contributed by atoms with Crippen LogP contribution in [0.2, 0.25) is 0 Å². The Balaban J connectivity index is 1.01. The molecule has 0 radical (unpaired) electrons. The molecule has 0 aromatic carbocycles. The van der Waals surface area contributed by atoms with Crippen molar-refractivity contribution in [1.82, 2.24) is 35.1 Å². The van der Waals surface area contributed by atoms with Gasteiger partial charge in [0.15, 0.2) is 5.78 Å². The molecule has 13 heteroatoms. The number of ether oxygens (including phenoxy) is 2. The second-order valence-corrected chi connectivity index (χ2v) is 17.6. The third-order valence-corrected chi connectivity index (χ3v) is 14.0. The number of morpholine rings is 1. The van der Waals surface area contributed by atoms with Crippen molar-refractivity contribution in [2.45, 2.75) is 119 Å². The molecule has 0 aromatic rings. The number of nitrogens with one attached hydrogen (secondary N) is 2. The number of nitrogens with zero attached hydrogens (tertiary/aromatic N) is 5. The fraction of sp³-hybridized carbons (Fsp3) is 0.872. The van der Waals surface area contributed by atoms with Gasteiger partial charge >= 0.3 is 0 Å². The van der Waals surface area contributed by atoms with Crippen molar-refractivity contribution in [2.75, 3.05) is 80.0 Å². The van der Waals surface area contributed by atoms with Crippen LogP contribution in [0.25, 0.3) is 0 Å². The summed E-state index contributed by atoms with van der Waals surface area (Å²) in [5.41, 5.74) is 0.163. The van der Waals surface area contributed by atoms with E-state index in [-0.39, 0.29) is 59.9 Å². The molecule has 2 N–H and O–H groups in total. The number of carbonyl (C=O) groups excluding carboxylic acids is 3. The Bertz CT molecular complexity index is 1360. The summed E-state index contributed by atoms with van der Waals surface area (Å²) in [6, 6.07) is -0.925. The van der Waals surface area contributed by atoms with Gasteiger partial charge in [0, 0.05) is 76.9 Å². The molecule has 4 saturated heterocycles. The molecule has 3 saturated carbocycles. The van der Waals surface area contributed by atoms with E-state index >= 15 is 4.39 Å². The number of halogens is 1. The number of alkyl halides is 1. The third-order valence-electron chi connectivity index (χ3n) is 14.0. The van der Waals surface area contributed by atoms with Gasteiger partial charge < -0.3 is 39.7 Å². The summed E-state index contributed by atoms with van der Waals surface area (Å²) in [6.07, 6.45) is 8.89. The minimum atomic E-state index is -1.28. The quantitative estimate of drug-likeness (QED) is 0.252. The molecule has 12 atom stereocenters. The van der Waals surface area contributed by atoms with E-state index in [0.29, 0.717) is 50.5 Å². The lowest BCUT2D eigenvalue weighted by molar-refractivity contribution is -0.220. The molecule has 0 aromatic heterocycles. The van der Waals surface area contributed by atoms with Gasteiger partial charge in [-0.15, -0.1) is 0 Å². The van der Waals surface area contributed by atoms with Gasteiger partial charge in [-0.05, 0) is 84.5 Å². The Kier molecular flexibility index (Phi) is 11.0. The Morgan fingerprint density at radius 1 is 0.942 bits per heavy atom. The average molecular weight is 728 g/mol. The molecule has 290 valence electrons. The lowest BCUT2D eigenvalue weighted by Crippen LogP contribution is -2.73.